The summed E-state index contributed by atoms with van der Waals surface area (Å²) in [4.78, 5) is 23.4. The summed E-state index contributed by atoms with van der Waals surface area (Å²) in [6, 6.07) is 4.20. The Morgan fingerprint density at radius 1 is 0.635 bits per heavy atom. The van der Waals surface area contributed by atoms with Gasteiger partial charge >= 0.3 is 12.4 Å². The molecule has 0 aliphatic carbocycles. The van der Waals surface area contributed by atoms with Crippen LogP contribution in [0.3, 0.4) is 0 Å². The van der Waals surface area contributed by atoms with Gasteiger partial charge in [0.25, 0.3) is 0 Å². The van der Waals surface area contributed by atoms with Crippen molar-refractivity contribution in [3.8, 4) is 0 Å². The van der Waals surface area contributed by atoms with Gasteiger partial charge in [0, 0.05) is 48.0 Å². The van der Waals surface area contributed by atoms with Crippen molar-refractivity contribution in [2.75, 3.05) is 49.1 Å². The number of anilines is 2. The zero-order valence-corrected chi connectivity index (χ0v) is 31.9. The van der Waals surface area contributed by atoms with Crippen LogP contribution in [0.25, 0.3) is 20.4 Å². The molecule has 0 radical (unpaired) electrons. The number of halogens is 6. The standard InChI is InChI=1S/2C18H25F3N4S/c2*1-12(2)10-22-13-4-3-6-25(7-5-13)16-15-8-14(9-18(19,20)21)26-17(15)24-11-23-16/h2*8,11-13,22H,3-7,9-10H2,1-2H3/t2*13-/m10/s1. The lowest BCUT2D eigenvalue weighted by Gasteiger charge is -2.22. The second-order valence-corrected chi connectivity index (χ2v) is 16.9. The molecular formula is C36H50F6N8S2. The summed E-state index contributed by atoms with van der Waals surface area (Å²) in [6.45, 7) is 14.3. The molecule has 16 heteroatoms. The summed E-state index contributed by atoms with van der Waals surface area (Å²) < 4.78 is 76.2. The molecule has 0 aromatic carbocycles. The molecule has 0 saturated carbocycles. The van der Waals surface area contributed by atoms with Gasteiger partial charge in [-0.15, -0.1) is 22.7 Å². The Morgan fingerprint density at radius 3 is 1.40 bits per heavy atom. The first-order chi connectivity index (χ1) is 24.6. The molecule has 2 aliphatic rings. The van der Waals surface area contributed by atoms with Crippen molar-refractivity contribution >= 4 is 54.7 Å². The molecule has 0 amide bonds. The van der Waals surface area contributed by atoms with Crippen molar-refractivity contribution in [1.29, 1.82) is 0 Å². The summed E-state index contributed by atoms with van der Waals surface area (Å²) in [6.07, 6.45) is -0.962. The summed E-state index contributed by atoms with van der Waals surface area (Å²) in [7, 11) is 0. The number of fused-ring (bicyclic) bond motifs is 2. The van der Waals surface area contributed by atoms with E-state index in [-0.39, 0.29) is 0 Å². The van der Waals surface area contributed by atoms with Crippen molar-refractivity contribution in [2.24, 2.45) is 11.8 Å². The molecule has 2 N–H and O–H groups in total. The number of hydrogen-bond acceptors (Lipinski definition) is 10. The first kappa shape index (κ1) is 40.4. The number of aromatic nitrogens is 4. The van der Waals surface area contributed by atoms with Crippen LogP contribution in [0.1, 0.15) is 76.0 Å². The van der Waals surface area contributed by atoms with Gasteiger partial charge in [0.2, 0.25) is 0 Å². The van der Waals surface area contributed by atoms with E-state index in [2.05, 4.69) is 68.1 Å². The Kier molecular flexibility index (Phi) is 14.0. The molecule has 4 aromatic heterocycles. The van der Waals surface area contributed by atoms with E-state index in [4.69, 9.17) is 0 Å². The number of nitrogens with one attached hydrogen (secondary N) is 2. The molecule has 2 atom stereocenters. The largest absolute Gasteiger partial charge is 0.393 e. The van der Waals surface area contributed by atoms with E-state index in [0.29, 0.717) is 43.3 Å². The van der Waals surface area contributed by atoms with Gasteiger partial charge in [-0.1, -0.05) is 27.7 Å². The van der Waals surface area contributed by atoms with Gasteiger partial charge in [-0.25, -0.2) is 19.9 Å². The van der Waals surface area contributed by atoms with Crippen molar-refractivity contribution in [3.63, 3.8) is 0 Å². The van der Waals surface area contributed by atoms with Crippen LogP contribution in [0, 0.1) is 11.8 Å². The van der Waals surface area contributed by atoms with E-state index in [1.807, 2.05) is 0 Å². The third-order valence-corrected chi connectivity index (χ3v) is 11.2. The molecular weight excluding hydrogens is 723 g/mol. The topological polar surface area (TPSA) is 82.1 Å². The highest BCUT2D eigenvalue weighted by Crippen LogP contribution is 2.36. The minimum absolute atomic E-state index is 0.292. The molecule has 0 spiro atoms. The monoisotopic (exact) mass is 772 g/mol. The van der Waals surface area contributed by atoms with Gasteiger partial charge in [-0.3, -0.25) is 0 Å². The normalized spacial score (nSPS) is 19.3. The van der Waals surface area contributed by atoms with E-state index >= 15 is 0 Å². The van der Waals surface area contributed by atoms with Gasteiger partial charge in [0.05, 0.1) is 23.6 Å². The summed E-state index contributed by atoms with van der Waals surface area (Å²) in [5, 5.41) is 8.72. The highest BCUT2D eigenvalue weighted by Gasteiger charge is 2.31. The predicted octanol–water partition coefficient (Wildman–Crippen LogP) is 8.80. The van der Waals surface area contributed by atoms with Gasteiger partial charge in [0.15, 0.2) is 0 Å². The van der Waals surface area contributed by atoms with Crippen LogP contribution < -0.4 is 20.4 Å². The molecule has 2 aliphatic heterocycles. The van der Waals surface area contributed by atoms with Crippen LogP contribution in [0.15, 0.2) is 24.8 Å². The number of hydrogen-bond donors (Lipinski definition) is 2. The van der Waals surface area contributed by atoms with E-state index in [1.54, 1.807) is 12.1 Å². The average Bonchev–Trinajstić information content (AvgIpc) is 3.45. The number of alkyl halides is 6. The fourth-order valence-corrected chi connectivity index (χ4v) is 8.73. The van der Waals surface area contributed by atoms with Crippen LogP contribution in [0.2, 0.25) is 0 Å². The zero-order valence-electron chi connectivity index (χ0n) is 30.3. The lowest BCUT2D eigenvalue weighted by atomic mass is 10.1. The highest BCUT2D eigenvalue weighted by molar-refractivity contribution is 7.19. The molecule has 8 nitrogen and oxygen atoms in total. The molecule has 52 heavy (non-hydrogen) atoms. The molecule has 0 unspecified atom stereocenters. The molecule has 288 valence electrons. The minimum Gasteiger partial charge on any atom is -0.356 e. The van der Waals surface area contributed by atoms with Crippen molar-refractivity contribution in [2.45, 2.75) is 103 Å². The number of nitrogens with zero attached hydrogens (tertiary/aromatic N) is 6. The summed E-state index contributed by atoms with van der Waals surface area (Å²) >= 11 is 2.22. The van der Waals surface area contributed by atoms with Crippen molar-refractivity contribution in [3.05, 3.63) is 34.5 Å². The number of rotatable bonds is 10. The number of thiophene rings is 2. The van der Waals surface area contributed by atoms with E-state index < -0.39 is 25.2 Å². The fraction of sp³-hybridized carbons (Fsp3) is 0.667. The third-order valence-electron chi connectivity index (χ3n) is 9.15. The molecule has 6 heterocycles. The summed E-state index contributed by atoms with van der Waals surface area (Å²) in [5.74, 6) is 2.77. The van der Waals surface area contributed by atoms with Crippen molar-refractivity contribution in [1.82, 2.24) is 30.6 Å². The molecule has 2 fully saturated rings. The third kappa shape index (κ3) is 12.1. The predicted molar refractivity (Wildman–Crippen MR) is 200 cm³/mol. The van der Waals surface area contributed by atoms with Crippen LogP contribution in [-0.2, 0) is 12.8 Å². The lowest BCUT2D eigenvalue weighted by molar-refractivity contribution is -0.127. The van der Waals surface area contributed by atoms with E-state index in [9.17, 15) is 26.3 Å². The second-order valence-electron chi connectivity index (χ2n) is 14.7. The Hall–Kier alpha value is -2.82. The van der Waals surface area contributed by atoms with Crippen LogP contribution in [-0.4, -0.2) is 83.6 Å². The Balaban J connectivity index is 0.000000201. The van der Waals surface area contributed by atoms with E-state index in [1.165, 1.54) is 12.7 Å². The second kappa shape index (κ2) is 18.0. The first-order valence-corrected chi connectivity index (χ1v) is 19.8. The Labute approximate surface area is 309 Å². The molecule has 6 rings (SSSR count). The molecule has 0 bridgehead atoms. The minimum atomic E-state index is -4.20. The maximum Gasteiger partial charge on any atom is 0.393 e. The van der Waals surface area contributed by atoms with Crippen LogP contribution in [0.5, 0.6) is 0 Å². The molecule has 2 saturated heterocycles. The van der Waals surface area contributed by atoms with Gasteiger partial charge < -0.3 is 20.4 Å². The van der Waals surface area contributed by atoms with Crippen LogP contribution >= 0.6 is 22.7 Å². The Morgan fingerprint density at radius 2 is 1.04 bits per heavy atom. The van der Waals surface area contributed by atoms with Gasteiger partial charge in [-0.05, 0) is 75.6 Å². The maximum atomic E-state index is 12.7. The van der Waals surface area contributed by atoms with Crippen LogP contribution in [0.4, 0.5) is 38.0 Å². The Bertz CT molecular complexity index is 1580. The maximum absolute atomic E-state index is 12.7. The van der Waals surface area contributed by atoms with Crippen molar-refractivity contribution < 1.29 is 26.3 Å². The average molecular weight is 773 g/mol. The van der Waals surface area contributed by atoms with Gasteiger partial charge in [-0.2, -0.15) is 26.3 Å². The quantitative estimate of drug-likeness (QED) is 0.155. The molecule has 4 aromatic rings. The SMILES string of the molecule is CC(C)CN[C@@H]1CCCN(c2ncnc3sc(CC(F)(F)F)cc23)CC1.CC(C)CN[C@H]1CCCN(c2ncnc3sc(CC(F)(F)F)cc23)CC1. The highest BCUT2D eigenvalue weighted by atomic mass is 32.1. The summed E-state index contributed by atoms with van der Waals surface area (Å²) in [5.41, 5.74) is 0. The smallest absolute Gasteiger partial charge is 0.356 e. The zero-order chi connectivity index (χ0) is 37.5. The van der Waals surface area contributed by atoms with Gasteiger partial charge in [0.1, 0.15) is 34.0 Å². The lowest BCUT2D eigenvalue weighted by Crippen LogP contribution is -2.33. The van der Waals surface area contributed by atoms with E-state index in [0.717, 1.165) is 123 Å². The fourth-order valence-electron chi connectivity index (χ4n) is 6.69. The first-order valence-electron chi connectivity index (χ1n) is 18.2.